The van der Waals surface area contributed by atoms with Gasteiger partial charge in [-0.25, -0.2) is 0 Å². The smallest absolute Gasteiger partial charge is 0.292 e. The van der Waals surface area contributed by atoms with Gasteiger partial charge in [0, 0.05) is 32.3 Å². The van der Waals surface area contributed by atoms with E-state index in [0.29, 0.717) is 17.8 Å². The zero-order valence-electron chi connectivity index (χ0n) is 11.7. The number of thiophene rings is 1. The van der Waals surface area contributed by atoms with Crippen LogP contribution in [0.1, 0.15) is 15.9 Å². The minimum absolute atomic E-state index is 0.0467. The van der Waals surface area contributed by atoms with Crippen molar-refractivity contribution < 1.29 is 9.72 Å². The van der Waals surface area contributed by atoms with E-state index >= 15 is 0 Å². The van der Waals surface area contributed by atoms with Gasteiger partial charge in [0.1, 0.15) is 5.69 Å². The number of nitro groups is 1. The molecule has 1 amide bonds. The molecular weight excluding hydrogens is 290 g/mol. The third kappa shape index (κ3) is 3.38. The van der Waals surface area contributed by atoms with Gasteiger partial charge >= 0.3 is 0 Å². The van der Waals surface area contributed by atoms with Crippen molar-refractivity contribution in [2.24, 2.45) is 0 Å². The van der Waals surface area contributed by atoms with Gasteiger partial charge in [-0.1, -0.05) is 0 Å². The van der Waals surface area contributed by atoms with E-state index in [4.69, 9.17) is 0 Å². The second-order valence-electron chi connectivity index (χ2n) is 4.53. The van der Waals surface area contributed by atoms with E-state index in [-0.39, 0.29) is 11.6 Å². The molecule has 110 valence electrons. The number of benzene rings is 1. The summed E-state index contributed by atoms with van der Waals surface area (Å²) in [5.41, 5.74) is 1.76. The van der Waals surface area contributed by atoms with Crippen LogP contribution in [0.5, 0.6) is 0 Å². The van der Waals surface area contributed by atoms with Crippen molar-refractivity contribution >= 4 is 28.6 Å². The molecule has 6 nitrogen and oxygen atoms in total. The van der Waals surface area contributed by atoms with Gasteiger partial charge in [-0.3, -0.25) is 14.9 Å². The molecule has 21 heavy (non-hydrogen) atoms. The first kappa shape index (κ1) is 15.0. The van der Waals surface area contributed by atoms with E-state index in [1.807, 2.05) is 16.8 Å². The number of carbonyl (C=O) groups is 1. The Balaban J connectivity index is 2.20. The quantitative estimate of drug-likeness (QED) is 0.680. The summed E-state index contributed by atoms with van der Waals surface area (Å²) in [6, 6.07) is 6.29. The molecule has 0 saturated carbocycles. The fourth-order valence-corrected chi connectivity index (χ4v) is 2.64. The highest BCUT2D eigenvalue weighted by molar-refractivity contribution is 7.07. The first-order chi connectivity index (χ1) is 10.0. The summed E-state index contributed by atoms with van der Waals surface area (Å²) < 4.78 is 0. The van der Waals surface area contributed by atoms with Crippen molar-refractivity contribution in [2.45, 2.75) is 6.54 Å². The van der Waals surface area contributed by atoms with E-state index in [0.717, 1.165) is 5.56 Å². The molecule has 0 spiro atoms. The average molecular weight is 305 g/mol. The normalized spacial score (nSPS) is 10.2. The SMILES string of the molecule is CNc1cc(C(=O)N(C)Cc2ccsc2)ccc1[N+](=O)[O-]. The fraction of sp³-hybridized carbons (Fsp3) is 0.214. The lowest BCUT2D eigenvalue weighted by molar-refractivity contribution is -0.383. The standard InChI is InChI=1S/C14H15N3O3S/c1-15-12-7-11(3-4-13(12)17(19)20)14(18)16(2)8-10-5-6-21-9-10/h3-7,9,15H,8H2,1-2H3. The predicted octanol–water partition coefficient (Wildman–Crippen LogP) is 2.97. The molecule has 0 aliphatic carbocycles. The van der Waals surface area contributed by atoms with Gasteiger partial charge < -0.3 is 10.2 Å². The van der Waals surface area contributed by atoms with Crippen LogP contribution in [0.2, 0.25) is 0 Å². The Kier molecular flexibility index (Phi) is 4.54. The number of hydrogen-bond donors (Lipinski definition) is 1. The first-order valence-corrected chi connectivity index (χ1v) is 7.20. The van der Waals surface area contributed by atoms with Gasteiger partial charge in [0.05, 0.1) is 4.92 Å². The molecular formula is C14H15N3O3S. The van der Waals surface area contributed by atoms with Gasteiger partial charge in [-0.15, -0.1) is 0 Å². The van der Waals surface area contributed by atoms with Gasteiger partial charge in [0.2, 0.25) is 0 Å². The Morgan fingerprint density at radius 2 is 2.19 bits per heavy atom. The predicted molar refractivity (Wildman–Crippen MR) is 82.8 cm³/mol. The molecule has 2 aromatic rings. The summed E-state index contributed by atoms with van der Waals surface area (Å²) in [6.07, 6.45) is 0. The lowest BCUT2D eigenvalue weighted by Crippen LogP contribution is -2.26. The first-order valence-electron chi connectivity index (χ1n) is 6.25. The highest BCUT2D eigenvalue weighted by Crippen LogP contribution is 2.25. The molecule has 0 bridgehead atoms. The summed E-state index contributed by atoms with van der Waals surface area (Å²) in [7, 11) is 3.30. The molecule has 2 rings (SSSR count). The largest absolute Gasteiger partial charge is 0.383 e. The summed E-state index contributed by atoms with van der Waals surface area (Å²) in [5, 5.41) is 17.6. The maximum Gasteiger partial charge on any atom is 0.292 e. The van der Waals surface area contributed by atoms with Crippen molar-refractivity contribution in [1.82, 2.24) is 4.90 Å². The summed E-state index contributed by atoms with van der Waals surface area (Å²) >= 11 is 1.58. The molecule has 0 unspecified atom stereocenters. The summed E-state index contributed by atoms with van der Waals surface area (Å²) in [6.45, 7) is 0.508. The zero-order valence-corrected chi connectivity index (χ0v) is 12.5. The second-order valence-corrected chi connectivity index (χ2v) is 5.31. The Morgan fingerprint density at radius 1 is 1.43 bits per heavy atom. The maximum atomic E-state index is 12.4. The third-order valence-corrected chi connectivity index (χ3v) is 3.79. The molecule has 0 atom stereocenters. The van der Waals surface area contributed by atoms with Crippen molar-refractivity contribution in [2.75, 3.05) is 19.4 Å². The molecule has 1 heterocycles. The minimum Gasteiger partial charge on any atom is -0.383 e. The van der Waals surface area contributed by atoms with Crippen molar-refractivity contribution in [1.29, 1.82) is 0 Å². The number of nitro benzene ring substituents is 1. The van der Waals surface area contributed by atoms with E-state index in [1.165, 1.54) is 18.2 Å². The van der Waals surface area contributed by atoms with Crippen molar-refractivity contribution in [3.63, 3.8) is 0 Å². The fourth-order valence-electron chi connectivity index (χ4n) is 1.98. The number of rotatable bonds is 5. The van der Waals surface area contributed by atoms with Gasteiger partial charge in [-0.05, 0) is 34.5 Å². The number of hydrogen-bond acceptors (Lipinski definition) is 5. The number of nitrogens with zero attached hydrogens (tertiary/aromatic N) is 2. The van der Waals surface area contributed by atoms with Crippen LogP contribution in [-0.4, -0.2) is 29.8 Å². The summed E-state index contributed by atoms with van der Waals surface area (Å²) in [5.74, 6) is -0.174. The Morgan fingerprint density at radius 3 is 2.76 bits per heavy atom. The van der Waals surface area contributed by atoms with Crippen molar-refractivity contribution in [3.8, 4) is 0 Å². The lowest BCUT2D eigenvalue weighted by Gasteiger charge is -2.17. The Bertz CT molecular complexity index is 655. The van der Waals surface area contributed by atoms with E-state index in [9.17, 15) is 14.9 Å². The van der Waals surface area contributed by atoms with E-state index in [2.05, 4.69) is 5.32 Å². The highest BCUT2D eigenvalue weighted by atomic mass is 32.1. The molecule has 1 N–H and O–H groups in total. The van der Waals surface area contributed by atoms with Crippen LogP contribution in [0, 0.1) is 10.1 Å². The van der Waals surface area contributed by atoms with Gasteiger partial charge in [-0.2, -0.15) is 11.3 Å². The number of anilines is 1. The molecule has 7 heteroatoms. The lowest BCUT2D eigenvalue weighted by atomic mass is 10.1. The van der Waals surface area contributed by atoms with Crippen LogP contribution in [0.15, 0.2) is 35.0 Å². The minimum atomic E-state index is -0.477. The molecule has 0 radical (unpaired) electrons. The average Bonchev–Trinajstić information content (AvgIpc) is 2.98. The number of carbonyl (C=O) groups excluding carboxylic acids is 1. The topological polar surface area (TPSA) is 75.5 Å². The van der Waals surface area contributed by atoms with Gasteiger partial charge in [0.25, 0.3) is 11.6 Å². The maximum absolute atomic E-state index is 12.4. The molecule has 0 fully saturated rings. The van der Waals surface area contributed by atoms with E-state index < -0.39 is 4.92 Å². The number of nitrogens with one attached hydrogen (secondary N) is 1. The Labute approximate surface area is 126 Å². The van der Waals surface area contributed by atoms with Crippen LogP contribution in [0.25, 0.3) is 0 Å². The van der Waals surface area contributed by atoms with E-state index in [1.54, 1.807) is 30.3 Å². The van der Waals surface area contributed by atoms with Gasteiger partial charge in [0.15, 0.2) is 0 Å². The summed E-state index contributed by atoms with van der Waals surface area (Å²) in [4.78, 5) is 24.3. The molecule has 0 aliphatic rings. The van der Waals surface area contributed by atoms with Crippen LogP contribution < -0.4 is 5.32 Å². The van der Waals surface area contributed by atoms with Crippen LogP contribution in [-0.2, 0) is 6.54 Å². The molecule has 1 aromatic carbocycles. The zero-order chi connectivity index (χ0) is 15.4. The van der Waals surface area contributed by atoms with Crippen LogP contribution in [0.4, 0.5) is 11.4 Å². The molecule has 0 aliphatic heterocycles. The third-order valence-electron chi connectivity index (χ3n) is 3.06. The van der Waals surface area contributed by atoms with Crippen LogP contribution in [0.3, 0.4) is 0 Å². The molecule has 1 aromatic heterocycles. The monoisotopic (exact) mass is 305 g/mol. The van der Waals surface area contributed by atoms with Crippen molar-refractivity contribution in [3.05, 3.63) is 56.3 Å². The highest BCUT2D eigenvalue weighted by Gasteiger charge is 2.18. The second kappa shape index (κ2) is 6.36. The number of amides is 1. The Hall–Kier alpha value is -2.41. The molecule has 0 saturated heterocycles. The van der Waals surface area contributed by atoms with Crippen LogP contribution >= 0.6 is 11.3 Å².